The number of anilines is 1. The molecule has 22 heavy (non-hydrogen) atoms. The summed E-state index contributed by atoms with van der Waals surface area (Å²) >= 11 is 1.60. The van der Waals surface area contributed by atoms with E-state index in [2.05, 4.69) is 25.3 Å². The number of aryl methyl sites for hydroxylation is 2. The molecule has 0 radical (unpaired) electrons. The van der Waals surface area contributed by atoms with Gasteiger partial charge >= 0.3 is 5.97 Å². The monoisotopic (exact) mass is 314 g/mol. The van der Waals surface area contributed by atoms with Crippen LogP contribution >= 0.6 is 11.3 Å². The molecule has 0 amide bonds. The van der Waals surface area contributed by atoms with E-state index >= 15 is 0 Å². The fraction of sp³-hybridized carbons (Fsp3) is 0.133. The molecule has 1 aromatic carbocycles. The first-order valence-electron chi connectivity index (χ1n) is 6.62. The van der Waals surface area contributed by atoms with Crippen molar-refractivity contribution in [3.63, 3.8) is 0 Å². The van der Waals surface area contributed by atoms with E-state index in [1.807, 2.05) is 13.8 Å². The third kappa shape index (κ3) is 2.58. The zero-order valence-electron chi connectivity index (χ0n) is 12.1. The zero-order chi connectivity index (χ0) is 15.7. The van der Waals surface area contributed by atoms with Gasteiger partial charge in [0, 0.05) is 11.1 Å². The third-order valence-electron chi connectivity index (χ3n) is 3.27. The van der Waals surface area contributed by atoms with Crippen LogP contribution in [0.15, 0.2) is 34.7 Å². The number of carboxylic acids is 1. The van der Waals surface area contributed by atoms with Crippen molar-refractivity contribution >= 4 is 34.2 Å². The maximum absolute atomic E-state index is 10.8. The largest absolute Gasteiger partial charge is 0.478 e. The molecule has 7 heteroatoms. The predicted molar refractivity (Wildman–Crippen MR) is 87.2 cm³/mol. The normalized spacial score (nSPS) is 11.4. The van der Waals surface area contributed by atoms with Gasteiger partial charge in [-0.05, 0) is 38.1 Å². The Hall–Kier alpha value is -2.67. The number of carboxylic acid groups (broad SMARTS) is 1. The molecule has 0 saturated heterocycles. The van der Waals surface area contributed by atoms with Gasteiger partial charge in [-0.1, -0.05) is 0 Å². The summed E-state index contributed by atoms with van der Waals surface area (Å²) in [6.07, 6.45) is 1.72. The van der Waals surface area contributed by atoms with Gasteiger partial charge in [0.1, 0.15) is 0 Å². The maximum Gasteiger partial charge on any atom is 0.335 e. The fourth-order valence-electron chi connectivity index (χ4n) is 2.13. The molecule has 2 aromatic heterocycles. The van der Waals surface area contributed by atoms with E-state index in [9.17, 15) is 4.79 Å². The Morgan fingerprint density at radius 3 is 2.77 bits per heavy atom. The van der Waals surface area contributed by atoms with E-state index in [0.717, 1.165) is 27.7 Å². The lowest BCUT2D eigenvalue weighted by Gasteiger charge is -2.01. The summed E-state index contributed by atoms with van der Waals surface area (Å²) < 4.78 is 2.05. The minimum absolute atomic E-state index is 0.247. The van der Waals surface area contributed by atoms with Gasteiger partial charge in [-0.2, -0.15) is 5.10 Å². The highest BCUT2D eigenvalue weighted by atomic mass is 32.1. The molecule has 3 aromatic rings. The van der Waals surface area contributed by atoms with E-state index in [-0.39, 0.29) is 5.56 Å². The second-order valence-electron chi connectivity index (χ2n) is 4.83. The number of fused-ring (bicyclic) bond motifs is 1. The molecule has 112 valence electrons. The topological polar surface area (TPSA) is 79.0 Å². The Kier molecular flexibility index (Phi) is 3.64. The van der Waals surface area contributed by atoms with Crippen LogP contribution in [-0.2, 0) is 0 Å². The lowest BCUT2D eigenvalue weighted by atomic mass is 10.2. The van der Waals surface area contributed by atoms with Crippen molar-refractivity contribution in [2.24, 2.45) is 5.10 Å². The van der Waals surface area contributed by atoms with Crippen molar-refractivity contribution in [3.05, 3.63) is 52.3 Å². The summed E-state index contributed by atoms with van der Waals surface area (Å²) in [7, 11) is 0. The highest BCUT2D eigenvalue weighted by Crippen LogP contribution is 2.19. The van der Waals surface area contributed by atoms with Crippen LogP contribution in [0.4, 0.5) is 5.69 Å². The molecule has 0 aliphatic rings. The average Bonchev–Trinajstić information content (AvgIpc) is 3.00. The average molecular weight is 314 g/mol. The van der Waals surface area contributed by atoms with Crippen molar-refractivity contribution in [2.75, 3.05) is 5.43 Å². The van der Waals surface area contributed by atoms with Crippen molar-refractivity contribution in [1.29, 1.82) is 0 Å². The number of aromatic nitrogens is 2. The van der Waals surface area contributed by atoms with Gasteiger partial charge in [-0.15, -0.1) is 11.3 Å². The van der Waals surface area contributed by atoms with Crippen LogP contribution in [-0.4, -0.2) is 26.7 Å². The van der Waals surface area contributed by atoms with Crippen LogP contribution in [0.25, 0.3) is 4.96 Å². The molecule has 0 spiro atoms. The molecule has 2 N–H and O–H groups in total. The zero-order valence-corrected chi connectivity index (χ0v) is 12.9. The van der Waals surface area contributed by atoms with Gasteiger partial charge in [0.2, 0.25) is 0 Å². The highest BCUT2D eigenvalue weighted by molar-refractivity contribution is 7.15. The molecule has 0 bridgehead atoms. The summed E-state index contributed by atoms with van der Waals surface area (Å²) in [5.74, 6) is -0.944. The fourth-order valence-corrected chi connectivity index (χ4v) is 3.05. The number of nitrogens with one attached hydrogen (secondary N) is 1. The Morgan fingerprint density at radius 1 is 1.36 bits per heavy atom. The number of nitrogens with zero attached hydrogens (tertiary/aromatic N) is 3. The number of aromatic carboxylic acids is 1. The number of carbonyl (C=O) groups is 1. The van der Waals surface area contributed by atoms with Crippen molar-refractivity contribution in [1.82, 2.24) is 9.38 Å². The Morgan fingerprint density at radius 2 is 2.09 bits per heavy atom. The SMILES string of the molecule is Cc1nc2scc(C)n2c1C=NNc1ccc(C(=O)O)cc1. The van der Waals surface area contributed by atoms with Crippen LogP contribution in [0.2, 0.25) is 0 Å². The summed E-state index contributed by atoms with van der Waals surface area (Å²) in [6.45, 7) is 3.97. The summed E-state index contributed by atoms with van der Waals surface area (Å²) in [5, 5.41) is 15.1. The van der Waals surface area contributed by atoms with Gasteiger partial charge in [0.25, 0.3) is 0 Å². The first kappa shape index (κ1) is 14.3. The molecule has 0 aliphatic heterocycles. The lowest BCUT2D eigenvalue weighted by molar-refractivity contribution is 0.0697. The molecule has 6 nitrogen and oxygen atoms in total. The predicted octanol–water partition coefficient (Wildman–Crippen LogP) is 3.16. The van der Waals surface area contributed by atoms with Gasteiger partial charge < -0.3 is 5.11 Å². The Bertz CT molecular complexity index is 862. The van der Waals surface area contributed by atoms with Crippen molar-refractivity contribution in [2.45, 2.75) is 13.8 Å². The van der Waals surface area contributed by atoms with E-state index < -0.39 is 5.97 Å². The molecule has 0 atom stereocenters. The molecule has 2 heterocycles. The molecule has 0 saturated carbocycles. The van der Waals surface area contributed by atoms with Gasteiger partial charge in [-0.3, -0.25) is 9.83 Å². The van der Waals surface area contributed by atoms with Crippen LogP contribution in [0.5, 0.6) is 0 Å². The van der Waals surface area contributed by atoms with Gasteiger partial charge in [0.05, 0.1) is 28.9 Å². The summed E-state index contributed by atoms with van der Waals surface area (Å²) in [4.78, 5) is 16.2. The Balaban J connectivity index is 1.80. The molecular weight excluding hydrogens is 300 g/mol. The standard InChI is InChI=1S/C15H14N4O2S/c1-9-8-22-15-17-10(2)13(19(9)15)7-16-18-12-5-3-11(4-6-12)14(20)21/h3-8,18H,1-2H3,(H,20,21). The number of rotatable bonds is 4. The number of thiazole rings is 1. The van der Waals surface area contributed by atoms with E-state index in [4.69, 9.17) is 5.11 Å². The number of imidazole rings is 1. The maximum atomic E-state index is 10.8. The minimum atomic E-state index is -0.944. The van der Waals surface area contributed by atoms with E-state index in [1.165, 1.54) is 12.1 Å². The lowest BCUT2D eigenvalue weighted by Crippen LogP contribution is -1.98. The molecular formula is C15H14N4O2S. The molecule has 3 rings (SSSR count). The van der Waals surface area contributed by atoms with Crippen LogP contribution < -0.4 is 5.43 Å². The van der Waals surface area contributed by atoms with E-state index in [0.29, 0.717) is 0 Å². The second kappa shape index (κ2) is 5.61. The minimum Gasteiger partial charge on any atom is -0.478 e. The number of hydrazone groups is 1. The van der Waals surface area contributed by atoms with Gasteiger partial charge in [-0.25, -0.2) is 9.78 Å². The first-order valence-corrected chi connectivity index (χ1v) is 7.50. The Labute approximate surface area is 130 Å². The summed E-state index contributed by atoms with van der Waals surface area (Å²) in [5.41, 5.74) is 6.83. The van der Waals surface area contributed by atoms with Crippen molar-refractivity contribution in [3.8, 4) is 0 Å². The third-order valence-corrected chi connectivity index (χ3v) is 4.21. The number of hydrogen-bond acceptors (Lipinski definition) is 5. The molecule has 0 aliphatic carbocycles. The second-order valence-corrected chi connectivity index (χ2v) is 5.67. The number of benzene rings is 1. The van der Waals surface area contributed by atoms with Crippen LogP contribution in [0.1, 0.15) is 27.4 Å². The number of hydrogen-bond donors (Lipinski definition) is 2. The smallest absolute Gasteiger partial charge is 0.335 e. The van der Waals surface area contributed by atoms with Gasteiger partial charge in [0.15, 0.2) is 4.96 Å². The molecule has 0 fully saturated rings. The highest BCUT2D eigenvalue weighted by Gasteiger charge is 2.10. The molecule has 0 unspecified atom stereocenters. The first-order chi connectivity index (χ1) is 10.6. The van der Waals surface area contributed by atoms with Crippen molar-refractivity contribution < 1.29 is 9.90 Å². The summed E-state index contributed by atoms with van der Waals surface area (Å²) in [6, 6.07) is 6.42. The van der Waals surface area contributed by atoms with Crippen LogP contribution in [0.3, 0.4) is 0 Å². The van der Waals surface area contributed by atoms with E-state index in [1.54, 1.807) is 29.7 Å². The van der Waals surface area contributed by atoms with Crippen LogP contribution in [0, 0.1) is 13.8 Å². The quantitative estimate of drug-likeness (QED) is 0.573.